The highest BCUT2D eigenvalue weighted by molar-refractivity contribution is 6.05. The number of hydrogen-bond acceptors (Lipinski definition) is 6. The normalized spacial score (nSPS) is 10.3. The first-order valence-corrected chi connectivity index (χ1v) is 8.26. The number of amides is 1. The van der Waals surface area contributed by atoms with Crippen molar-refractivity contribution in [3.8, 4) is 0 Å². The summed E-state index contributed by atoms with van der Waals surface area (Å²) in [5, 5.41) is 3.00. The topological polar surface area (TPSA) is 115 Å². The largest absolute Gasteiger partial charge is 0.465 e. The van der Waals surface area contributed by atoms with Gasteiger partial charge in [-0.25, -0.2) is 9.59 Å². The van der Waals surface area contributed by atoms with Gasteiger partial charge in [0.25, 0.3) is 5.91 Å². The third-order valence-corrected chi connectivity index (χ3v) is 3.91. The molecule has 2 aromatic carbocycles. The van der Waals surface area contributed by atoms with E-state index in [0.29, 0.717) is 10.9 Å². The molecule has 0 spiro atoms. The summed E-state index contributed by atoms with van der Waals surface area (Å²) in [4.78, 5) is 50.6. The summed E-state index contributed by atoms with van der Waals surface area (Å²) in [6.45, 7) is -0.588. The minimum absolute atomic E-state index is 0.0575. The van der Waals surface area contributed by atoms with Gasteiger partial charge in [0.15, 0.2) is 6.61 Å². The van der Waals surface area contributed by atoms with E-state index in [9.17, 15) is 19.2 Å². The highest BCUT2D eigenvalue weighted by atomic mass is 16.5. The molecule has 3 aromatic rings. The van der Waals surface area contributed by atoms with E-state index in [0.717, 1.165) is 6.07 Å². The fourth-order valence-electron chi connectivity index (χ4n) is 2.65. The number of hydrogen-bond donors (Lipinski definition) is 2. The van der Waals surface area contributed by atoms with E-state index in [1.807, 2.05) is 0 Å². The number of benzene rings is 2. The van der Waals surface area contributed by atoms with Crippen LogP contribution in [-0.4, -0.2) is 36.5 Å². The Kier molecular flexibility index (Phi) is 5.50. The van der Waals surface area contributed by atoms with Crippen molar-refractivity contribution in [1.82, 2.24) is 4.98 Å². The smallest absolute Gasteiger partial charge is 0.339 e. The van der Waals surface area contributed by atoms with Crippen LogP contribution in [0.25, 0.3) is 10.9 Å². The maximum atomic E-state index is 12.4. The summed E-state index contributed by atoms with van der Waals surface area (Å²) < 4.78 is 9.69. The maximum absolute atomic E-state index is 12.4. The van der Waals surface area contributed by atoms with Gasteiger partial charge < -0.3 is 19.8 Å². The van der Waals surface area contributed by atoms with Gasteiger partial charge in [-0.05, 0) is 18.2 Å². The van der Waals surface area contributed by atoms with Crippen molar-refractivity contribution >= 4 is 34.4 Å². The molecule has 0 bridgehead atoms. The molecule has 28 heavy (non-hydrogen) atoms. The van der Waals surface area contributed by atoms with E-state index in [2.05, 4.69) is 15.0 Å². The number of nitrogens with one attached hydrogen (secondary N) is 2. The SMILES string of the molecule is COC(=O)c1ccccc1NC(=O)COC(=O)c1cc(=O)[nH]c2ccccc12. The molecule has 0 saturated carbocycles. The molecule has 0 unspecified atom stereocenters. The second-order valence-electron chi connectivity index (χ2n) is 5.75. The minimum atomic E-state index is -0.807. The first kappa shape index (κ1) is 18.8. The number of carbonyl (C=O) groups excluding carboxylic acids is 3. The van der Waals surface area contributed by atoms with Crippen LogP contribution in [0, 0.1) is 0 Å². The van der Waals surface area contributed by atoms with Crippen LogP contribution in [-0.2, 0) is 14.3 Å². The Morgan fingerprint density at radius 1 is 0.964 bits per heavy atom. The van der Waals surface area contributed by atoms with E-state index in [1.165, 1.54) is 19.2 Å². The molecule has 0 aliphatic rings. The first-order chi connectivity index (χ1) is 13.5. The molecule has 0 aliphatic heterocycles. The van der Waals surface area contributed by atoms with Gasteiger partial charge in [-0.1, -0.05) is 30.3 Å². The van der Waals surface area contributed by atoms with Crippen molar-refractivity contribution in [3.05, 3.63) is 76.1 Å². The highest BCUT2D eigenvalue weighted by Crippen LogP contribution is 2.17. The van der Waals surface area contributed by atoms with Crippen LogP contribution < -0.4 is 10.9 Å². The zero-order valence-electron chi connectivity index (χ0n) is 14.9. The Morgan fingerprint density at radius 2 is 1.68 bits per heavy atom. The Morgan fingerprint density at radius 3 is 2.46 bits per heavy atom. The van der Waals surface area contributed by atoms with Crippen LogP contribution in [0.15, 0.2) is 59.4 Å². The van der Waals surface area contributed by atoms with Crippen molar-refractivity contribution in [3.63, 3.8) is 0 Å². The Bertz CT molecular complexity index is 1120. The lowest BCUT2D eigenvalue weighted by atomic mass is 10.1. The van der Waals surface area contributed by atoms with Crippen LogP contribution in [0.1, 0.15) is 20.7 Å². The average molecular weight is 380 g/mol. The molecule has 0 saturated heterocycles. The van der Waals surface area contributed by atoms with Gasteiger partial charge in [-0.2, -0.15) is 0 Å². The second kappa shape index (κ2) is 8.17. The third kappa shape index (κ3) is 4.07. The van der Waals surface area contributed by atoms with Gasteiger partial charge in [0.2, 0.25) is 5.56 Å². The van der Waals surface area contributed by atoms with Crippen LogP contribution in [0.3, 0.4) is 0 Å². The number of para-hydroxylation sites is 2. The van der Waals surface area contributed by atoms with Gasteiger partial charge >= 0.3 is 11.9 Å². The number of H-pyrrole nitrogens is 1. The van der Waals surface area contributed by atoms with Gasteiger partial charge in [0.05, 0.1) is 23.9 Å². The van der Waals surface area contributed by atoms with E-state index in [-0.39, 0.29) is 16.8 Å². The number of rotatable bonds is 5. The zero-order valence-corrected chi connectivity index (χ0v) is 14.9. The van der Waals surface area contributed by atoms with Crippen molar-refractivity contribution in [2.24, 2.45) is 0 Å². The predicted octanol–water partition coefficient (Wildman–Crippen LogP) is 2.11. The lowest BCUT2D eigenvalue weighted by Gasteiger charge is -2.10. The van der Waals surface area contributed by atoms with Crippen molar-refractivity contribution < 1.29 is 23.9 Å². The maximum Gasteiger partial charge on any atom is 0.339 e. The molecule has 142 valence electrons. The van der Waals surface area contributed by atoms with Crippen LogP contribution in [0.4, 0.5) is 5.69 Å². The minimum Gasteiger partial charge on any atom is -0.465 e. The number of pyridine rings is 1. The van der Waals surface area contributed by atoms with E-state index < -0.39 is 30.0 Å². The Hall–Kier alpha value is -3.94. The number of anilines is 1. The average Bonchev–Trinajstić information content (AvgIpc) is 2.71. The monoisotopic (exact) mass is 380 g/mol. The third-order valence-electron chi connectivity index (χ3n) is 3.91. The summed E-state index contributed by atoms with van der Waals surface area (Å²) in [6, 6.07) is 14.2. The zero-order chi connectivity index (χ0) is 20.1. The first-order valence-electron chi connectivity index (χ1n) is 8.26. The lowest BCUT2D eigenvalue weighted by Crippen LogP contribution is -2.23. The number of aromatic amines is 1. The molecule has 3 rings (SSSR count). The lowest BCUT2D eigenvalue weighted by molar-refractivity contribution is -0.119. The summed E-state index contributed by atoms with van der Waals surface area (Å²) in [6.07, 6.45) is 0. The molecule has 0 fully saturated rings. The molecule has 8 heteroatoms. The Labute approximate surface area is 159 Å². The van der Waals surface area contributed by atoms with Gasteiger partial charge in [0.1, 0.15) is 0 Å². The molecular formula is C20H16N2O6. The number of aromatic nitrogens is 1. The van der Waals surface area contributed by atoms with Gasteiger partial charge in [0, 0.05) is 17.0 Å². The predicted molar refractivity (Wildman–Crippen MR) is 101 cm³/mol. The molecule has 8 nitrogen and oxygen atoms in total. The number of ether oxygens (including phenoxy) is 2. The number of carbonyl (C=O) groups is 3. The van der Waals surface area contributed by atoms with Crippen LogP contribution >= 0.6 is 0 Å². The van der Waals surface area contributed by atoms with Crippen LogP contribution in [0.2, 0.25) is 0 Å². The number of methoxy groups -OCH3 is 1. The quantitative estimate of drug-likeness (QED) is 0.655. The summed E-state index contributed by atoms with van der Waals surface area (Å²) in [5.41, 5.74) is 0.491. The van der Waals surface area contributed by atoms with E-state index in [4.69, 9.17) is 4.74 Å². The van der Waals surface area contributed by atoms with E-state index >= 15 is 0 Å². The van der Waals surface area contributed by atoms with Gasteiger partial charge in [-0.3, -0.25) is 9.59 Å². The Balaban J connectivity index is 1.72. The molecule has 0 aliphatic carbocycles. The highest BCUT2D eigenvalue weighted by Gasteiger charge is 2.17. The molecule has 1 aromatic heterocycles. The van der Waals surface area contributed by atoms with Crippen LogP contribution in [0.5, 0.6) is 0 Å². The van der Waals surface area contributed by atoms with Crippen molar-refractivity contribution in [2.75, 3.05) is 19.0 Å². The molecule has 1 amide bonds. The fraction of sp³-hybridized carbons (Fsp3) is 0.100. The summed E-state index contributed by atoms with van der Waals surface area (Å²) in [5.74, 6) is -2.06. The number of esters is 2. The van der Waals surface area contributed by atoms with Gasteiger partial charge in [-0.15, -0.1) is 0 Å². The van der Waals surface area contributed by atoms with E-state index in [1.54, 1.807) is 36.4 Å². The molecular weight excluding hydrogens is 364 g/mol. The molecule has 0 atom stereocenters. The van der Waals surface area contributed by atoms with Crippen molar-refractivity contribution in [2.45, 2.75) is 0 Å². The molecule has 2 N–H and O–H groups in total. The van der Waals surface area contributed by atoms with Crippen molar-refractivity contribution in [1.29, 1.82) is 0 Å². The standard InChI is InChI=1S/C20H16N2O6/c1-27-19(25)13-7-3-5-9-16(13)22-18(24)11-28-20(26)14-10-17(23)21-15-8-4-2-6-12(14)15/h2-10H,11H2,1H3,(H,21,23)(H,22,24). The summed E-state index contributed by atoms with van der Waals surface area (Å²) in [7, 11) is 1.23. The molecule has 1 heterocycles. The number of fused-ring (bicyclic) bond motifs is 1. The second-order valence-corrected chi connectivity index (χ2v) is 5.75. The molecule has 0 radical (unpaired) electrons. The summed E-state index contributed by atoms with van der Waals surface area (Å²) >= 11 is 0. The fourth-order valence-corrected chi connectivity index (χ4v) is 2.65.